The van der Waals surface area contributed by atoms with Crippen LogP contribution < -0.4 is 20.5 Å². The van der Waals surface area contributed by atoms with E-state index in [1.807, 2.05) is 12.1 Å². The van der Waals surface area contributed by atoms with Crippen molar-refractivity contribution in [2.45, 2.75) is 4.90 Å². The van der Waals surface area contributed by atoms with Crippen LogP contribution >= 0.6 is 0 Å². The maximum atomic E-state index is 12.9. The second-order valence-corrected chi connectivity index (χ2v) is 8.12. The molecule has 0 saturated carbocycles. The molecule has 8 nitrogen and oxygen atoms in total. The molecule has 0 spiro atoms. The van der Waals surface area contributed by atoms with Crippen LogP contribution in [-0.2, 0) is 10.0 Å². The number of rotatable bonds is 6. The third-order valence-electron chi connectivity index (χ3n) is 4.34. The first-order chi connectivity index (χ1) is 14.4. The number of benzene rings is 3. The first kappa shape index (κ1) is 19.5. The Morgan fingerprint density at radius 1 is 0.833 bits per heavy atom. The van der Waals surface area contributed by atoms with E-state index in [4.69, 9.17) is 10.5 Å². The van der Waals surface area contributed by atoms with Gasteiger partial charge in [0.1, 0.15) is 5.75 Å². The fourth-order valence-corrected chi connectivity index (χ4v) is 3.81. The summed E-state index contributed by atoms with van der Waals surface area (Å²) in [7, 11) is -2.31. The van der Waals surface area contributed by atoms with E-state index in [0.29, 0.717) is 28.2 Å². The number of ether oxygens (including phenoxy) is 1. The summed E-state index contributed by atoms with van der Waals surface area (Å²) in [6.45, 7) is 0. The Bertz CT molecular complexity index is 1290. The Morgan fingerprint density at radius 2 is 1.43 bits per heavy atom. The number of methoxy groups -OCH3 is 1. The maximum Gasteiger partial charge on any atom is 0.263 e. The number of nitrogens with zero attached hydrogens (tertiary/aromatic N) is 2. The van der Waals surface area contributed by atoms with Crippen LogP contribution in [0.15, 0.2) is 77.7 Å². The zero-order valence-corrected chi connectivity index (χ0v) is 16.8. The average Bonchev–Trinajstić information content (AvgIpc) is 2.75. The number of nitrogen functional groups attached to an aromatic ring is 1. The molecule has 0 fully saturated rings. The van der Waals surface area contributed by atoms with Gasteiger partial charge in [-0.15, -0.1) is 0 Å². The summed E-state index contributed by atoms with van der Waals surface area (Å²) >= 11 is 0. The summed E-state index contributed by atoms with van der Waals surface area (Å²) in [6, 6.07) is 20.3. The Balaban J connectivity index is 1.74. The average molecular weight is 421 g/mol. The molecule has 4 rings (SSSR count). The summed E-state index contributed by atoms with van der Waals surface area (Å²) in [5, 5.41) is 3.12. The number of hydrogen-bond acceptors (Lipinski definition) is 7. The van der Waals surface area contributed by atoms with E-state index >= 15 is 0 Å². The molecule has 4 aromatic rings. The van der Waals surface area contributed by atoms with E-state index in [-0.39, 0.29) is 16.5 Å². The maximum absolute atomic E-state index is 12.9. The van der Waals surface area contributed by atoms with Crippen molar-refractivity contribution >= 4 is 44.1 Å². The third-order valence-corrected chi connectivity index (χ3v) is 5.70. The highest BCUT2D eigenvalue weighted by Gasteiger charge is 2.19. The number of aromatic nitrogens is 2. The standard InChI is InChI=1S/C21H19N5O3S/c1-29-16-10-8-15(9-11-16)23-20-21(25-19-5-3-2-4-18(19)24-20)26-30(27,28)17-12-6-14(22)7-13-17/h2-13H,22H2,1H3,(H,23,24)(H,25,26). The van der Waals surface area contributed by atoms with Gasteiger partial charge in [-0.1, -0.05) is 12.1 Å². The van der Waals surface area contributed by atoms with Crippen LogP contribution in [0.1, 0.15) is 0 Å². The molecule has 0 bridgehead atoms. The summed E-state index contributed by atoms with van der Waals surface area (Å²) in [6.07, 6.45) is 0. The summed E-state index contributed by atoms with van der Waals surface area (Å²) in [4.78, 5) is 9.09. The molecule has 0 atom stereocenters. The molecule has 0 aliphatic heterocycles. The molecule has 9 heteroatoms. The fourth-order valence-electron chi connectivity index (χ4n) is 2.80. The number of fused-ring (bicyclic) bond motifs is 1. The van der Waals surface area contributed by atoms with Crippen molar-refractivity contribution in [3.05, 3.63) is 72.8 Å². The van der Waals surface area contributed by atoms with Gasteiger partial charge in [-0.3, -0.25) is 4.72 Å². The molecule has 30 heavy (non-hydrogen) atoms. The van der Waals surface area contributed by atoms with E-state index in [9.17, 15) is 8.42 Å². The van der Waals surface area contributed by atoms with Gasteiger partial charge >= 0.3 is 0 Å². The number of para-hydroxylation sites is 2. The number of sulfonamides is 1. The Hall–Kier alpha value is -3.85. The smallest absolute Gasteiger partial charge is 0.263 e. The predicted molar refractivity (Wildman–Crippen MR) is 117 cm³/mol. The molecule has 0 amide bonds. The van der Waals surface area contributed by atoms with Crippen molar-refractivity contribution in [2.24, 2.45) is 0 Å². The SMILES string of the molecule is COc1ccc(Nc2nc3ccccc3nc2NS(=O)(=O)c2ccc(N)cc2)cc1. The lowest BCUT2D eigenvalue weighted by atomic mass is 10.3. The van der Waals surface area contributed by atoms with Gasteiger partial charge in [0.15, 0.2) is 11.6 Å². The van der Waals surface area contributed by atoms with Gasteiger partial charge in [-0.25, -0.2) is 18.4 Å². The van der Waals surface area contributed by atoms with Gasteiger partial charge in [0.2, 0.25) is 0 Å². The monoisotopic (exact) mass is 421 g/mol. The van der Waals surface area contributed by atoms with E-state index in [1.54, 1.807) is 43.5 Å². The highest BCUT2D eigenvalue weighted by molar-refractivity contribution is 7.92. The van der Waals surface area contributed by atoms with Crippen LogP contribution in [0.5, 0.6) is 5.75 Å². The van der Waals surface area contributed by atoms with E-state index < -0.39 is 10.0 Å². The molecule has 0 unspecified atom stereocenters. The Kier molecular flexibility index (Phi) is 5.11. The molecule has 3 aromatic carbocycles. The van der Waals surface area contributed by atoms with Gasteiger partial charge in [0.25, 0.3) is 10.0 Å². The number of anilines is 4. The number of nitrogens with one attached hydrogen (secondary N) is 2. The minimum absolute atomic E-state index is 0.0713. The highest BCUT2D eigenvalue weighted by Crippen LogP contribution is 2.28. The highest BCUT2D eigenvalue weighted by atomic mass is 32.2. The van der Waals surface area contributed by atoms with E-state index in [0.717, 1.165) is 0 Å². The largest absolute Gasteiger partial charge is 0.497 e. The topological polar surface area (TPSA) is 119 Å². The summed E-state index contributed by atoms with van der Waals surface area (Å²) in [5.74, 6) is 1.06. The van der Waals surface area contributed by atoms with Crippen molar-refractivity contribution in [3.63, 3.8) is 0 Å². The molecule has 1 heterocycles. The van der Waals surface area contributed by atoms with Gasteiger partial charge in [0.05, 0.1) is 23.0 Å². The first-order valence-corrected chi connectivity index (χ1v) is 10.5. The molecule has 0 radical (unpaired) electrons. The zero-order valence-electron chi connectivity index (χ0n) is 16.0. The van der Waals surface area contributed by atoms with Crippen molar-refractivity contribution in [1.82, 2.24) is 9.97 Å². The zero-order chi connectivity index (χ0) is 21.1. The molecule has 4 N–H and O–H groups in total. The normalized spacial score (nSPS) is 11.2. The minimum Gasteiger partial charge on any atom is -0.497 e. The number of nitrogens with two attached hydrogens (primary N) is 1. The Labute approximate surface area is 173 Å². The molecule has 0 saturated heterocycles. The predicted octanol–water partition coefficient (Wildman–Crippen LogP) is 3.77. The van der Waals surface area contributed by atoms with Crippen molar-refractivity contribution < 1.29 is 13.2 Å². The van der Waals surface area contributed by atoms with Crippen molar-refractivity contribution in [2.75, 3.05) is 22.9 Å². The lowest BCUT2D eigenvalue weighted by Gasteiger charge is -2.14. The molecule has 0 aliphatic carbocycles. The number of hydrogen-bond donors (Lipinski definition) is 3. The molecular weight excluding hydrogens is 402 g/mol. The van der Waals surface area contributed by atoms with E-state index in [1.165, 1.54) is 24.3 Å². The fraction of sp³-hybridized carbons (Fsp3) is 0.0476. The van der Waals surface area contributed by atoms with Gasteiger partial charge in [0, 0.05) is 11.4 Å². The van der Waals surface area contributed by atoms with Crippen LogP contribution in [0.2, 0.25) is 0 Å². The van der Waals surface area contributed by atoms with Gasteiger partial charge in [-0.05, 0) is 60.7 Å². The van der Waals surface area contributed by atoms with Crippen molar-refractivity contribution in [1.29, 1.82) is 0 Å². The first-order valence-electron chi connectivity index (χ1n) is 9.01. The molecule has 0 aliphatic rings. The van der Waals surface area contributed by atoms with Crippen molar-refractivity contribution in [3.8, 4) is 5.75 Å². The summed E-state index contributed by atoms with van der Waals surface area (Å²) < 4.78 is 33.4. The quantitative estimate of drug-likeness (QED) is 0.406. The van der Waals surface area contributed by atoms with Crippen LogP contribution in [0.25, 0.3) is 11.0 Å². The lowest BCUT2D eigenvalue weighted by molar-refractivity contribution is 0.415. The second-order valence-electron chi connectivity index (χ2n) is 6.44. The molecule has 152 valence electrons. The van der Waals surface area contributed by atoms with Crippen LogP contribution in [0.4, 0.5) is 23.0 Å². The summed E-state index contributed by atoms with van der Waals surface area (Å²) in [5.41, 5.74) is 8.03. The van der Waals surface area contributed by atoms with Gasteiger partial charge < -0.3 is 15.8 Å². The van der Waals surface area contributed by atoms with E-state index in [2.05, 4.69) is 20.0 Å². The molecular formula is C21H19N5O3S. The Morgan fingerprint density at radius 3 is 2.03 bits per heavy atom. The van der Waals surface area contributed by atoms with Crippen LogP contribution in [0, 0.1) is 0 Å². The molecule has 1 aromatic heterocycles. The minimum atomic E-state index is -3.89. The van der Waals surface area contributed by atoms with Crippen LogP contribution in [-0.4, -0.2) is 25.5 Å². The second kappa shape index (κ2) is 7.88. The van der Waals surface area contributed by atoms with Gasteiger partial charge in [-0.2, -0.15) is 0 Å². The third kappa shape index (κ3) is 4.11. The lowest BCUT2D eigenvalue weighted by Crippen LogP contribution is -2.16. The van der Waals surface area contributed by atoms with Crippen LogP contribution in [0.3, 0.4) is 0 Å².